The molecule has 0 fully saturated rings. The average molecular weight is 193 g/mol. The molecule has 0 aliphatic heterocycles. The van der Waals surface area contributed by atoms with Gasteiger partial charge in [0.05, 0.1) is 6.42 Å². The minimum absolute atomic E-state index is 0.849. The van der Waals surface area contributed by atoms with E-state index in [1.807, 2.05) is 0 Å². The van der Waals surface area contributed by atoms with E-state index in [1.54, 1.807) is 0 Å². The predicted octanol–water partition coefficient (Wildman–Crippen LogP) is 1.90. The van der Waals surface area contributed by atoms with E-state index < -0.39 is 23.1 Å². The van der Waals surface area contributed by atoms with Crippen LogP contribution in [0.15, 0.2) is 0 Å². The standard InChI is InChI=1S/C4H4Cl2F2O2/c5-2(1-3(9)10)4(6,7)8/h2H,1H2,(H,9,10). The van der Waals surface area contributed by atoms with Gasteiger partial charge in [0.25, 0.3) is 0 Å². The maximum absolute atomic E-state index is 11.8. The molecular formula is C4H4Cl2F2O2. The molecule has 0 rings (SSSR count). The van der Waals surface area contributed by atoms with Crippen LogP contribution < -0.4 is 0 Å². The van der Waals surface area contributed by atoms with Crippen LogP contribution in [-0.4, -0.2) is 21.8 Å². The summed E-state index contributed by atoms with van der Waals surface area (Å²) < 4.78 is 23.7. The summed E-state index contributed by atoms with van der Waals surface area (Å²) in [4.78, 5) is 9.78. The molecule has 0 radical (unpaired) electrons. The van der Waals surface area contributed by atoms with E-state index in [4.69, 9.17) is 16.7 Å². The smallest absolute Gasteiger partial charge is 0.338 e. The molecule has 0 aromatic heterocycles. The van der Waals surface area contributed by atoms with E-state index in [0.29, 0.717) is 0 Å². The van der Waals surface area contributed by atoms with E-state index in [0.717, 1.165) is 0 Å². The zero-order valence-corrected chi connectivity index (χ0v) is 6.16. The fraction of sp³-hybridized carbons (Fsp3) is 0.750. The van der Waals surface area contributed by atoms with Crippen LogP contribution in [0, 0.1) is 0 Å². The lowest BCUT2D eigenvalue weighted by atomic mass is 10.3. The van der Waals surface area contributed by atoms with Crippen LogP contribution in [0.3, 0.4) is 0 Å². The average Bonchev–Trinajstić information content (AvgIpc) is 1.60. The Morgan fingerprint density at radius 1 is 1.70 bits per heavy atom. The van der Waals surface area contributed by atoms with Gasteiger partial charge in [-0.25, -0.2) is 0 Å². The Bertz CT molecular complexity index is 134. The van der Waals surface area contributed by atoms with E-state index in [9.17, 15) is 13.6 Å². The van der Waals surface area contributed by atoms with Crippen LogP contribution in [-0.2, 0) is 4.79 Å². The van der Waals surface area contributed by atoms with E-state index in [2.05, 4.69) is 11.6 Å². The van der Waals surface area contributed by atoms with Crippen molar-refractivity contribution in [2.75, 3.05) is 0 Å². The molecule has 0 aliphatic carbocycles. The highest BCUT2D eigenvalue weighted by atomic mass is 35.5. The van der Waals surface area contributed by atoms with Crippen molar-refractivity contribution in [1.82, 2.24) is 0 Å². The topological polar surface area (TPSA) is 37.3 Å². The van der Waals surface area contributed by atoms with E-state index >= 15 is 0 Å². The number of hydrogen-bond acceptors (Lipinski definition) is 1. The molecular weight excluding hydrogens is 189 g/mol. The number of carboxylic acids is 1. The maximum Gasteiger partial charge on any atom is 0.338 e. The Hall–Kier alpha value is -0.0900. The lowest BCUT2D eigenvalue weighted by Crippen LogP contribution is -2.24. The fourth-order valence-electron chi connectivity index (χ4n) is 0.269. The number of carboxylic acid groups (broad SMARTS) is 1. The minimum atomic E-state index is -3.65. The molecule has 0 aliphatic rings. The third-order valence-corrected chi connectivity index (χ3v) is 1.51. The summed E-state index contributed by atoms with van der Waals surface area (Å²) in [6.07, 6.45) is -0.849. The molecule has 0 saturated heterocycles. The first-order valence-electron chi connectivity index (χ1n) is 2.26. The van der Waals surface area contributed by atoms with E-state index in [1.165, 1.54) is 0 Å². The fourth-order valence-corrected chi connectivity index (χ4v) is 0.478. The monoisotopic (exact) mass is 192 g/mol. The molecule has 0 bridgehead atoms. The van der Waals surface area contributed by atoms with Crippen LogP contribution in [0.2, 0.25) is 0 Å². The molecule has 0 saturated carbocycles. The van der Waals surface area contributed by atoms with Crippen molar-refractivity contribution in [2.45, 2.75) is 17.2 Å². The predicted molar refractivity (Wildman–Crippen MR) is 32.7 cm³/mol. The number of hydrogen-bond donors (Lipinski definition) is 1. The highest BCUT2D eigenvalue weighted by molar-refractivity contribution is 6.31. The van der Waals surface area contributed by atoms with Crippen molar-refractivity contribution < 1.29 is 18.7 Å². The molecule has 0 spiro atoms. The highest BCUT2D eigenvalue weighted by Gasteiger charge is 2.36. The molecule has 60 valence electrons. The maximum atomic E-state index is 11.8. The Labute approximate surface area is 65.7 Å². The van der Waals surface area contributed by atoms with Gasteiger partial charge in [0, 0.05) is 0 Å². The lowest BCUT2D eigenvalue weighted by molar-refractivity contribution is -0.138. The van der Waals surface area contributed by atoms with Crippen LogP contribution in [0.4, 0.5) is 8.78 Å². The molecule has 0 heterocycles. The number of rotatable bonds is 3. The van der Waals surface area contributed by atoms with Gasteiger partial charge < -0.3 is 5.11 Å². The highest BCUT2D eigenvalue weighted by Crippen LogP contribution is 2.29. The summed E-state index contributed by atoms with van der Waals surface area (Å²) in [6, 6.07) is 0. The molecule has 0 aromatic carbocycles. The molecule has 0 amide bonds. The first-order valence-corrected chi connectivity index (χ1v) is 3.08. The molecule has 10 heavy (non-hydrogen) atoms. The number of carbonyl (C=O) groups is 1. The van der Waals surface area contributed by atoms with Gasteiger partial charge in [0.15, 0.2) is 0 Å². The number of alkyl halides is 4. The molecule has 6 heteroatoms. The summed E-state index contributed by atoms with van der Waals surface area (Å²) in [6.45, 7) is 0. The van der Waals surface area contributed by atoms with Gasteiger partial charge in [-0.3, -0.25) is 4.79 Å². The molecule has 1 unspecified atom stereocenters. The Morgan fingerprint density at radius 3 is 2.20 bits per heavy atom. The van der Waals surface area contributed by atoms with Crippen molar-refractivity contribution in [3.8, 4) is 0 Å². The lowest BCUT2D eigenvalue weighted by Gasteiger charge is -2.11. The summed E-state index contributed by atoms with van der Waals surface area (Å²) in [5, 5.41) is 2.46. The Balaban J connectivity index is 3.85. The van der Waals surface area contributed by atoms with Crippen LogP contribution in [0.1, 0.15) is 6.42 Å². The van der Waals surface area contributed by atoms with Gasteiger partial charge in [-0.05, 0) is 11.6 Å². The van der Waals surface area contributed by atoms with Gasteiger partial charge in [0.1, 0.15) is 5.38 Å². The molecule has 1 atom stereocenters. The summed E-state index contributed by atoms with van der Waals surface area (Å²) in [5.74, 6) is -1.40. The van der Waals surface area contributed by atoms with Crippen LogP contribution in [0.5, 0.6) is 0 Å². The summed E-state index contributed by atoms with van der Waals surface area (Å²) in [5.41, 5.74) is 0. The second kappa shape index (κ2) is 3.34. The normalized spacial score (nSPS) is 14.8. The minimum Gasteiger partial charge on any atom is -0.481 e. The summed E-state index contributed by atoms with van der Waals surface area (Å²) in [7, 11) is 0. The van der Waals surface area contributed by atoms with Crippen molar-refractivity contribution >= 4 is 29.2 Å². The zero-order chi connectivity index (χ0) is 8.36. The quantitative estimate of drug-likeness (QED) is 0.695. The number of aliphatic carboxylic acids is 1. The summed E-state index contributed by atoms with van der Waals surface area (Å²) >= 11 is 9.29. The van der Waals surface area contributed by atoms with Crippen LogP contribution in [0.25, 0.3) is 0 Å². The molecule has 2 nitrogen and oxygen atoms in total. The van der Waals surface area contributed by atoms with Gasteiger partial charge in [-0.1, -0.05) is 0 Å². The van der Waals surface area contributed by atoms with Gasteiger partial charge in [-0.2, -0.15) is 8.78 Å². The second-order valence-corrected chi connectivity index (χ2v) is 2.64. The molecule has 1 N–H and O–H groups in total. The first kappa shape index (κ1) is 9.91. The van der Waals surface area contributed by atoms with E-state index in [-0.39, 0.29) is 0 Å². The van der Waals surface area contributed by atoms with Crippen molar-refractivity contribution in [1.29, 1.82) is 0 Å². The molecule has 0 aromatic rings. The van der Waals surface area contributed by atoms with Crippen molar-refractivity contribution in [3.05, 3.63) is 0 Å². The van der Waals surface area contributed by atoms with Gasteiger partial charge in [0.2, 0.25) is 0 Å². The second-order valence-electron chi connectivity index (χ2n) is 1.61. The van der Waals surface area contributed by atoms with Crippen molar-refractivity contribution in [2.24, 2.45) is 0 Å². The number of halogens is 4. The third kappa shape index (κ3) is 3.85. The van der Waals surface area contributed by atoms with Gasteiger partial charge >= 0.3 is 11.4 Å². The third-order valence-electron chi connectivity index (χ3n) is 0.709. The zero-order valence-electron chi connectivity index (χ0n) is 4.65. The van der Waals surface area contributed by atoms with Crippen LogP contribution >= 0.6 is 23.2 Å². The van der Waals surface area contributed by atoms with Gasteiger partial charge in [-0.15, -0.1) is 11.6 Å². The Kier molecular flexibility index (Phi) is 3.31. The van der Waals surface area contributed by atoms with Crippen molar-refractivity contribution in [3.63, 3.8) is 0 Å². The SMILES string of the molecule is O=C(O)CC(Cl)C(F)(F)Cl. The Morgan fingerprint density at radius 2 is 2.10 bits per heavy atom. The first-order chi connectivity index (χ1) is 4.34. The largest absolute Gasteiger partial charge is 0.481 e.